The highest BCUT2D eigenvalue weighted by Crippen LogP contribution is 2.17. The minimum Gasteiger partial charge on any atom is -0.339 e. The zero-order valence-corrected chi connectivity index (χ0v) is 17.2. The Morgan fingerprint density at radius 2 is 1.57 bits per heavy atom. The van der Waals surface area contributed by atoms with Crippen molar-refractivity contribution in [2.24, 2.45) is 0 Å². The topological polar surface area (TPSA) is 60.9 Å². The van der Waals surface area contributed by atoms with Crippen LogP contribution in [-0.2, 0) is 21.4 Å². The van der Waals surface area contributed by atoms with E-state index in [4.69, 9.17) is 0 Å². The maximum absolute atomic E-state index is 12.7. The first kappa shape index (κ1) is 20.5. The second kappa shape index (κ2) is 8.86. The van der Waals surface area contributed by atoms with Gasteiger partial charge in [-0.05, 0) is 31.7 Å². The van der Waals surface area contributed by atoms with Gasteiger partial charge in [-0.2, -0.15) is 4.31 Å². The Hall–Kier alpha value is -2.22. The lowest BCUT2D eigenvalue weighted by atomic mass is 10.1. The molecule has 150 valence electrons. The van der Waals surface area contributed by atoms with E-state index in [1.807, 2.05) is 11.9 Å². The molecule has 0 aromatic heterocycles. The fourth-order valence-corrected chi connectivity index (χ4v) is 4.75. The lowest BCUT2D eigenvalue weighted by Crippen LogP contribution is -2.52. The second-order valence-electron chi connectivity index (χ2n) is 7.26. The molecule has 1 saturated heterocycles. The molecule has 1 aliphatic rings. The van der Waals surface area contributed by atoms with Crippen LogP contribution in [0.5, 0.6) is 0 Å². The summed E-state index contributed by atoms with van der Waals surface area (Å²) in [7, 11) is -1.57. The van der Waals surface area contributed by atoms with Gasteiger partial charge in [0.2, 0.25) is 15.9 Å². The van der Waals surface area contributed by atoms with E-state index < -0.39 is 10.0 Å². The van der Waals surface area contributed by atoms with Gasteiger partial charge in [0, 0.05) is 32.7 Å². The van der Waals surface area contributed by atoms with Crippen molar-refractivity contribution in [2.75, 3.05) is 39.8 Å². The van der Waals surface area contributed by atoms with Gasteiger partial charge in [0.15, 0.2) is 0 Å². The standard InChI is InChI=1S/C21H27N3O3S/c1-18-8-10-19(11-9-18)16-22(2)17-21(25)23-12-14-24(15-13-23)28(26,27)20-6-4-3-5-7-20/h3-11H,12-17H2,1-2H3. The first-order chi connectivity index (χ1) is 13.4. The van der Waals surface area contributed by atoms with Gasteiger partial charge in [-0.25, -0.2) is 8.42 Å². The molecule has 0 bridgehead atoms. The molecule has 3 rings (SSSR count). The summed E-state index contributed by atoms with van der Waals surface area (Å²) in [5.41, 5.74) is 2.38. The van der Waals surface area contributed by atoms with Crippen molar-refractivity contribution in [1.29, 1.82) is 0 Å². The van der Waals surface area contributed by atoms with Crippen molar-refractivity contribution in [3.63, 3.8) is 0 Å². The monoisotopic (exact) mass is 401 g/mol. The van der Waals surface area contributed by atoms with E-state index in [2.05, 4.69) is 31.2 Å². The van der Waals surface area contributed by atoms with Gasteiger partial charge < -0.3 is 4.90 Å². The van der Waals surface area contributed by atoms with Crippen LogP contribution < -0.4 is 0 Å². The third kappa shape index (κ3) is 4.98. The summed E-state index contributed by atoms with van der Waals surface area (Å²) >= 11 is 0. The third-order valence-electron chi connectivity index (χ3n) is 4.95. The fourth-order valence-electron chi connectivity index (χ4n) is 3.31. The van der Waals surface area contributed by atoms with Gasteiger partial charge in [-0.15, -0.1) is 0 Å². The molecule has 1 heterocycles. The lowest BCUT2D eigenvalue weighted by molar-refractivity contribution is -0.133. The molecule has 0 saturated carbocycles. The van der Waals surface area contributed by atoms with E-state index >= 15 is 0 Å². The average molecular weight is 402 g/mol. The van der Waals surface area contributed by atoms with Crippen LogP contribution in [0.4, 0.5) is 0 Å². The van der Waals surface area contributed by atoms with Crippen molar-refractivity contribution in [3.8, 4) is 0 Å². The minimum absolute atomic E-state index is 0.0337. The number of nitrogens with zero attached hydrogens (tertiary/aromatic N) is 3. The van der Waals surface area contributed by atoms with Gasteiger partial charge in [0.1, 0.15) is 0 Å². The number of carbonyl (C=O) groups is 1. The van der Waals surface area contributed by atoms with E-state index in [9.17, 15) is 13.2 Å². The van der Waals surface area contributed by atoms with Crippen LogP contribution in [0.1, 0.15) is 11.1 Å². The average Bonchev–Trinajstić information content (AvgIpc) is 2.70. The summed E-state index contributed by atoms with van der Waals surface area (Å²) in [5.74, 6) is 0.0337. The molecular formula is C21H27N3O3S. The van der Waals surface area contributed by atoms with Gasteiger partial charge in [-0.1, -0.05) is 48.0 Å². The third-order valence-corrected chi connectivity index (χ3v) is 6.86. The normalized spacial score (nSPS) is 15.8. The fraction of sp³-hybridized carbons (Fsp3) is 0.381. The number of hydrogen-bond donors (Lipinski definition) is 0. The van der Waals surface area contributed by atoms with Crippen LogP contribution in [-0.4, -0.2) is 68.2 Å². The molecule has 1 aliphatic heterocycles. The molecule has 0 spiro atoms. The molecule has 2 aromatic rings. The lowest BCUT2D eigenvalue weighted by Gasteiger charge is -2.34. The van der Waals surface area contributed by atoms with E-state index in [0.717, 1.165) is 0 Å². The quantitative estimate of drug-likeness (QED) is 0.742. The molecule has 0 radical (unpaired) electrons. The summed E-state index contributed by atoms with van der Waals surface area (Å²) in [6.07, 6.45) is 0. The van der Waals surface area contributed by atoms with Gasteiger partial charge in [0.05, 0.1) is 11.4 Å². The molecule has 1 amide bonds. The molecule has 2 aromatic carbocycles. The number of carbonyl (C=O) groups excluding carboxylic acids is 1. The Morgan fingerprint density at radius 1 is 0.964 bits per heavy atom. The highest BCUT2D eigenvalue weighted by Gasteiger charge is 2.30. The predicted octanol–water partition coefficient (Wildman–Crippen LogP) is 1.96. The number of rotatable bonds is 6. The smallest absolute Gasteiger partial charge is 0.243 e. The first-order valence-corrected chi connectivity index (χ1v) is 10.9. The Labute approximate surface area is 167 Å². The SMILES string of the molecule is Cc1ccc(CN(C)CC(=O)N2CCN(S(=O)(=O)c3ccccc3)CC2)cc1. The molecule has 0 unspecified atom stereocenters. The molecule has 7 heteroatoms. The Balaban J connectivity index is 1.51. The van der Waals surface area contributed by atoms with Crippen molar-refractivity contribution in [3.05, 3.63) is 65.7 Å². The number of likely N-dealkylation sites (N-methyl/N-ethyl adjacent to an activating group) is 1. The predicted molar refractivity (Wildman–Crippen MR) is 109 cm³/mol. The molecule has 28 heavy (non-hydrogen) atoms. The molecule has 6 nitrogen and oxygen atoms in total. The van der Waals surface area contributed by atoms with E-state index in [1.165, 1.54) is 15.4 Å². The number of aryl methyl sites for hydroxylation is 1. The number of hydrogen-bond acceptors (Lipinski definition) is 4. The largest absolute Gasteiger partial charge is 0.339 e. The molecule has 0 N–H and O–H groups in total. The van der Waals surface area contributed by atoms with Crippen molar-refractivity contribution < 1.29 is 13.2 Å². The van der Waals surface area contributed by atoms with Gasteiger partial charge in [0.25, 0.3) is 0 Å². The summed E-state index contributed by atoms with van der Waals surface area (Å²) in [6, 6.07) is 16.7. The van der Waals surface area contributed by atoms with Crippen molar-refractivity contribution >= 4 is 15.9 Å². The summed E-state index contributed by atoms with van der Waals surface area (Å²) in [4.78, 5) is 16.6. The van der Waals surface area contributed by atoms with Crippen LogP contribution in [0.25, 0.3) is 0 Å². The molecule has 0 aliphatic carbocycles. The number of benzene rings is 2. The second-order valence-corrected chi connectivity index (χ2v) is 9.19. The maximum atomic E-state index is 12.7. The van der Waals surface area contributed by atoms with Crippen LogP contribution in [0.2, 0.25) is 0 Å². The number of amides is 1. The summed E-state index contributed by atoms with van der Waals surface area (Å²) < 4.78 is 26.8. The highest BCUT2D eigenvalue weighted by molar-refractivity contribution is 7.89. The zero-order chi connectivity index (χ0) is 20.1. The van der Waals surface area contributed by atoms with Crippen LogP contribution in [0.3, 0.4) is 0 Å². The Morgan fingerprint density at radius 3 is 2.18 bits per heavy atom. The molecule has 1 fully saturated rings. The maximum Gasteiger partial charge on any atom is 0.243 e. The van der Waals surface area contributed by atoms with E-state index in [0.29, 0.717) is 44.2 Å². The van der Waals surface area contributed by atoms with Gasteiger partial charge in [-0.3, -0.25) is 9.69 Å². The van der Waals surface area contributed by atoms with E-state index in [-0.39, 0.29) is 5.91 Å². The summed E-state index contributed by atoms with van der Waals surface area (Å²) in [6.45, 7) is 4.56. The Bertz CT molecular complexity index is 890. The number of piperazine rings is 1. The zero-order valence-electron chi connectivity index (χ0n) is 16.4. The molecule has 0 atom stereocenters. The Kier molecular flexibility index (Phi) is 6.49. The van der Waals surface area contributed by atoms with Crippen molar-refractivity contribution in [2.45, 2.75) is 18.4 Å². The first-order valence-electron chi connectivity index (χ1n) is 9.43. The van der Waals surface area contributed by atoms with Crippen LogP contribution >= 0.6 is 0 Å². The number of sulfonamides is 1. The van der Waals surface area contributed by atoms with Crippen molar-refractivity contribution in [1.82, 2.24) is 14.1 Å². The molecular weight excluding hydrogens is 374 g/mol. The van der Waals surface area contributed by atoms with Gasteiger partial charge >= 0.3 is 0 Å². The van der Waals surface area contributed by atoms with E-state index in [1.54, 1.807) is 35.2 Å². The highest BCUT2D eigenvalue weighted by atomic mass is 32.2. The van der Waals surface area contributed by atoms with Crippen LogP contribution in [0.15, 0.2) is 59.5 Å². The minimum atomic E-state index is -3.49. The summed E-state index contributed by atoms with van der Waals surface area (Å²) in [5, 5.41) is 0. The van der Waals surface area contributed by atoms with Crippen LogP contribution in [0, 0.1) is 6.92 Å².